The standard InChI is InChI=1S/C15H23NO3/c1-10(11(2)17)14-7-15(8-14,9-14)16-13(18)19-12-5-3-4-6-12/h10,12H,3-9H2,1-2H3,(H,16,18)/t10-,14?,15?/m1/s1. The monoisotopic (exact) mass is 265 g/mol. The molecule has 4 nitrogen and oxygen atoms in total. The van der Waals surface area contributed by atoms with Gasteiger partial charge in [-0.05, 0) is 57.3 Å². The van der Waals surface area contributed by atoms with E-state index >= 15 is 0 Å². The first-order valence-corrected chi connectivity index (χ1v) is 7.44. The summed E-state index contributed by atoms with van der Waals surface area (Å²) in [7, 11) is 0. The van der Waals surface area contributed by atoms with E-state index in [-0.39, 0.29) is 34.9 Å². The van der Waals surface area contributed by atoms with Gasteiger partial charge in [0.1, 0.15) is 11.9 Å². The van der Waals surface area contributed by atoms with Crippen LogP contribution in [-0.4, -0.2) is 23.5 Å². The van der Waals surface area contributed by atoms with Crippen molar-refractivity contribution in [2.24, 2.45) is 11.3 Å². The third-order valence-corrected chi connectivity index (χ3v) is 5.54. The highest BCUT2D eigenvalue weighted by molar-refractivity contribution is 5.80. The number of amides is 1. The van der Waals surface area contributed by atoms with Gasteiger partial charge < -0.3 is 10.1 Å². The molecule has 1 atom stereocenters. The SMILES string of the molecule is CC(=O)[C@@H](C)C12CC(NC(=O)OC3CCCC3)(C1)C2. The molecule has 0 unspecified atom stereocenters. The van der Waals surface area contributed by atoms with Crippen LogP contribution in [-0.2, 0) is 9.53 Å². The molecular weight excluding hydrogens is 242 g/mol. The van der Waals surface area contributed by atoms with E-state index in [9.17, 15) is 9.59 Å². The molecule has 4 aliphatic carbocycles. The van der Waals surface area contributed by atoms with Gasteiger partial charge in [-0.1, -0.05) is 6.92 Å². The Balaban J connectivity index is 1.47. The lowest BCUT2D eigenvalue weighted by Gasteiger charge is -2.72. The molecule has 2 bridgehead atoms. The minimum Gasteiger partial charge on any atom is -0.446 e. The van der Waals surface area contributed by atoms with Gasteiger partial charge in [0.2, 0.25) is 0 Å². The smallest absolute Gasteiger partial charge is 0.407 e. The highest BCUT2D eigenvalue weighted by atomic mass is 16.6. The van der Waals surface area contributed by atoms with Crippen molar-refractivity contribution in [2.75, 3.05) is 0 Å². The van der Waals surface area contributed by atoms with Crippen molar-refractivity contribution in [1.29, 1.82) is 0 Å². The van der Waals surface area contributed by atoms with Crippen molar-refractivity contribution < 1.29 is 14.3 Å². The first-order chi connectivity index (χ1) is 8.95. The van der Waals surface area contributed by atoms with Crippen LogP contribution in [0.2, 0.25) is 0 Å². The van der Waals surface area contributed by atoms with Crippen molar-refractivity contribution in [3.8, 4) is 0 Å². The number of rotatable bonds is 4. The number of hydrogen-bond acceptors (Lipinski definition) is 3. The summed E-state index contributed by atoms with van der Waals surface area (Å²) >= 11 is 0. The Morgan fingerprint density at radius 3 is 2.32 bits per heavy atom. The number of ether oxygens (including phenoxy) is 1. The van der Waals surface area contributed by atoms with Crippen LogP contribution in [0.3, 0.4) is 0 Å². The van der Waals surface area contributed by atoms with Crippen LogP contribution in [0.4, 0.5) is 4.79 Å². The van der Waals surface area contributed by atoms with Gasteiger partial charge in [-0.25, -0.2) is 4.79 Å². The number of nitrogens with one attached hydrogen (secondary N) is 1. The molecule has 0 aliphatic heterocycles. The van der Waals surface area contributed by atoms with E-state index < -0.39 is 0 Å². The minimum atomic E-state index is -0.254. The van der Waals surface area contributed by atoms with Gasteiger partial charge in [-0.3, -0.25) is 4.79 Å². The third-order valence-electron chi connectivity index (χ3n) is 5.54. The van der Waals surface area contributed by atoms with Gasteiger partial charge in [0, 0.05) is 11.5 Å². The Bertz CT molecular complexity index is 392. The summed E-state index contributed by atoms with van der Waals surface area (Å²) in [4.78, 5) is 23.3. The van der Waals surface area contributed by atoms with Crippen molar-refractivity contribution in [3.05, 3.63) is 0 Å². The normalized spacial score (nSPS) is 38.0. The zero-order valence-corrected chi connectivity index (χ0v) is 11.8. The van der Waals surface area contributed by atoms with Crippen LogP contribution in [0.25, 0.3) is 0 Å². The lowest BCUT2D eigenvalue weighted by atomic mass is 9.35. The van der Waals surface area contributed by atoms with Crippen LogP contribution in [0.5, 0.6) is 0 Å². The zero-order valence-electron chi connectivity index (χ0n) is 11.8. The van der Waals surface area contributed by atoms with Gasteiger partial charge in [-0.2, -0.15) is 0 Å². The maximum atomic E-state index is 11.8. The summed E-state index contributed by atoms with van der Waals surface area (Å²) in [6.07, 6.45) is 7.05. The van der Waals surface area contributed by atoms with Crippen LogP contribution >= 0.6 is 0 Å². The Labute approximate surface area is 114 Å². The van der Waals surface area contributed by atoms with E-state index in [1.54, 1.807) is 6.92 Å². The van der Waals surface area contributed by atoms with E-state index in [2.05, 4.69) is 5.32 Å². The fraction of sp³-hybridized carbons (Fsp3) is 0.867. The summed E-state index contributed by atoms with van der Waals surface area (Å²) in [6.45, 7) is 3.68. The Morgan fingerprint density at radius 1 is 1.21 bits per heavy atom. The van der Waals surface area contributed by atoms with E-state index in [1.807, 2.05) is 6.92 Å². The molecule has 0 spiro atoms. The highest BCUT2D eigenvalue weighted by Gasteiger charge is 2.71. The second-order valence-corrected chi connectivity index (χ2v) is 6.94. The molecule has 0 aromatic carbocycles. The molecule has 1 N–H and O–H groups in total. The predicted octanol–water partition coefficient (Wildman–Crippen LogP) is 2.80. The highest BCUT2D eigenvalue weighted by Crippen LogP contribution is 2.70. The molecule has 4 saturated carbocycles. The van der Waals surface area contributed by atoms with E-state index in [1.165, 1.54) is 12.8 Å². The molecule has 4 fully saturated rings. The Morgan fingerprint density at radius 2 is 1.79 bits per heavy atom. The lowest BCUT2D eigenvalue weighted by molar-refractivity contribution is -0.186. The zero-order chi connectivity index (χ0) is 13.7. The summed E-state index contributed by atoms with van der Waals surface area (Å²) < 4.78 is 5.43. The summed E-state index contributed by atoms with van der Waals surface area (Å²) in [5.74, 6) is 0.392. The van der Waals surface area contributed by atoms with Gasteiger partial charge in [0.05, 0.1) is 0 Å². The van der Waals surface area contributed by atoms with Crippen molar-refractivity contribution in [2.45, 2.75) is 70.4 Å². The number of hydrogen-bond donors (Lipinski definition) is 1. The number of carbonyl (C=O) groups excluding carboxylic acids is 2. The number of ketones is 1. The topological polar surface area (TPSA) is 55.4 Å². The van der Waals surface area contributed by atoms with Crippen molar-refractivity contribution in [3.63, 3.8) is 0 Å². The fourth-order valence-electron chi connectivity index (χ4n) is 4.29. The molecule has 0 aromatic heterocycles. The molecule has 4 rings (SSSR count). The van der Waals surface area contributed by atoms with Crippen LogP contribution in [0.15, 0.2) is 0 Å². The van der Waals surface area contributed by atoms with Gasteiger partial charge >= 0.3 is 6.09 Å². The molecule has 4 aliphatic rings. The Kier molecular flexibility index (Phi) is 2.88. The van der Waals surface area contributed by atoms with Crippen LogP contribution in [0, 0.1) is 11.3 Å². The van der Waals surface area contributed by atoms with Crippen molar-refractivity contribution >= 4 is 11.9 Å². The van der Waals surface area contributed by atoms with E-state index in [4.69, 9.17) is 4.74 Å². The summed E-state index contributed by atoms with van der Waals surface area (Å²) in [6, 6.07) is 0. The molecule has 4 heteroatoms. The molecule has 1 amide bonds. The van der Waals surface area contributed by atoms with Crippen LogP contribution in [0.1, 0.15) is 58.8 Å². The molecule has 0 heterocycles. The maximum Gasteiger partial charge on any atom is 0.407 e. The molecule has 106 valence electrons. The van der Waals surface area contributed by atoms with Crippen LogP contribution < -0.4 is 5.32 Å². The number of alkyl carbamates (subject to hydrolysis) is 1. The first kappa shape index (κ1) is 12.9. The molecular formula is C15H23NO3. The van der Waals surface area contributed by atoms with Gasteiger partial charge in [0.15, 0.2) is 0 Å². The minimum absolute atomic E-state index is 0.0562. The van der Waals surface area contributed by atoms with Crippen molar-refractivity contribution in [1.82, 2.24) is 5.32 Å². The van der Waals surface area contributed by atoms with E-state index in [0.29, 0.717) is 0 Å². The number of carbonyl (C=O) groups is 2. The largest absolute Gasteiger partial charge is 0.446 e. The van der Waals surface area contributed by atoms with E-state index in [0.717, 1.165) is 32.1 Å². The average molecular weight is 265 g/mol. The molecule has 0 radical (unpaired) electrons. The first-order valence-electron chi connectivity index (χ1n) is 7.44. The summed E-state index contributed by atoms with van der Waals surface area (Å²) in [5.41, 5.74) is 0.117. The molecule has 0 saturated heterocycles. The second kappa shape index (κ2) is 4.22. The predicted molar refractivity (Wildman–Crippen MR) is 70.7 cm³/mol. The summed E-state index contributed by atoms with van der Waals surface area (Å²) in [5, 5.41) is 3.03. The second-order valence-electron chi connectivity index (χ2n) is 6.94. The average Bonchev–Trinajstić information content (AvgIpc) is 2.72. The van der Waals surface area contributed by atoms with Gasteiger partial charge in [-0.15, -0.1) is 0 Å². The number of Topliss-reactive ketones (excluding diaryl/α,β-unsaturated/α-hetero) is 1. The Hall–Kier alpha value is -1.06. The quantitative estimate of drug-likeness (QED) is 0.850. The maximum absolute atomic E-state index is 11.8. The van der Waals surface area contributed by atoms with Gasteiger partial charge in [0.25, 0.3) is 0 Å². The third kappa shape index (κ3) is 2.05. The fourth-order valence-corrected chi connectivity index (χ4v) is 4.29. The lowest BCUT2D eigenvalue weighted by Crippen LogP contribution is -2.77. The molecule has 0 aromatic rings. The molecule has 19 heavy (non-hydrogen) atoms.